The Morgan fingerprint density at radius 2 is 2.12 bits per heavy atom. The standard InChI is InChI=1S/C12H14N2O3/c1-6-5-8(7(6)2)11(16)13-9-3-4-10(15)14-12(9)17/h5,9H,3-4H2,1-2H3,(H,13,16)(H,14,15,17). The SMILES string of the molecule is CC1=CC(C(=O)NC2CCC(=O)NC2=O)=C1C. The molecule has 0 bridgehead atoms. The van der Waals surface area contributed by atoms with Crippen LogP contribution in [-0.4, -0.2) is 23.8 Å². The first kappa shape index (κ1) is 11.6. The second kappa shape index (κ2) is 4.16. The third-order valence-corrected chi connectivity index (χ3v) is 3.15. The van der Waals surface area contributed by atoms with Gasteiger partial charge in [-0.1, -0.05) is 0 Å². The van der Waals surface area contributed by atoms with E-state index in [1.54, 1.807) is 6.08 Å². The number of allylic oxidation sites excluding steroid dienone is 2. The Hall–Kier alpha value is -1.91. The lowest BCUT2D eigenvalue weighted by atomic mass is 9.90. The highest BCUT2D eigenvalue weighted by Gasteiger charge is 2.29. The quantitative estimate of drug-likeness (QED) is 0.669. The molecule has 0 aromatic carbocycles. The molecule has 0 radical (unpaired) electrons. The van der Waals surface area contributed by atoms with Gasteiger partial charge in [0.1, 0.15) is 6.04 Å². The van der Waals surface area contributed by atoms with Crippen molar-refractivity contribution in [1.82, 2.24) is 10.6 Å². The molecule has 2 aliphatic rings. The van der Waals surface area contributed by atoms with Gasteiger partial charge in [-0.25, -0.2) is 0 Å². The number of hydrogen-bond donors (Lipinski definition) is 2. The van der Waals surface area contributed by atoms with E-state index in [4.69, 9.17) is 0 Å². The fraction of sp³-hybridized carbons (Fsp3) is 0.417. The van der Waals surface area contributed by atoms with Crippen molar-refractivity contribution in [2.24, 2.45) is 0 Å². The number of imide groups is 1. The highest BCUT2D eigenvalue weighted by Crippen LogP contribution is 2.26. The van der Waals surface area contributed by atoms with E-state index in [1.807, 2.05) is 13.8 Å². The van der Waals surface area contributed by atoms with Crippen molar-refractivity contribution in [3.63, 3.8) is 0 Å². The number of amides is 3. The summed E-state index contributed by atoms with van der Waals surface area (Å²) in [6.45, 7) is 3.80. The number of hydrogen-bond acceptors (Lipinski definition) is 3. The van der Waals surface area contributed by atoms with Gasteiger partial charge in [-0.3, -0.25) is 19.7 Å². The van der Waals surface area contributed by atoms with Crippen molar-refractivity contribution in [3.05, 3.63) is 22.8 Å². The van der Waals surface area contributed by atoms with Crippen molar-refractivity contribution < 1.29 is 14.4 Å². The van der Waals surface area contributed by atoms with Crippen LogP contribution in [0.25, 0.3) is 0 Å². The number of nitrogens with one attached hydrogen (secondary N) is 2. The normalized spacial score (nSPS) is 23.9. The van der Waals surface area contributed by atoms with Gasteiger partial charge in [0.15, 0.2) is 0 Å². The number of carbonyl (C=O) groups is 3. The zero-order valence-corrected chi connectivity index (χ0v) is 9.79. The van der Waals surface area contributed by atoms with Gasteiger partial charge >= 0.3 is 0 Å². The third-order valence-electron chi connectivity index (χ3n) is 3.15. The molecule has 0 aromatic rings. The summed E-state index contributed by atoms with van der Waals surface area (Å²) in [6, 6.07) is -0.602. The number of rotatable bonds is 2. The first-order chi connectivity index (χ1) is 7.99. The summed E-state index contributed by atoms with van der Waals surface area (Å²) in [7, 11) is 0. The molecule has 1 unspecified atom stereocenters. The van der Waals surface area contributed by atoms with Crippen molar-refractivity contribution in [3.8, 4) is 0 Å². The van der Waals surface area contributed by atoms with E-state index in [-0.39, 0.29) is 18.2 Å². The van der Waals surface area contributed by atoms with Crippen LogP contribution in [0.5, 0.6) is 0 Å². The minimum atomic E-state index is -0.602. The van der Waals surface area contributed by atoms with Crippen LogP contribution in [0.2, 0.25) is 0 Å². The molecule has 0 aromatic heterocycles. The van der Waals surface area contributed by atoms with E-state index in [0.717, 1.165) is 11.1 Å². The highest BCUT2D eigenvalue weighted by molar-refractivity contribution is 6.05. The molecule has 2 rings (SSSR count). The minimum Gasteiger partial charge on any atom is -0.340 e. The molecule has 0 saturated carbocycles. The van der Waals surface area contributed by atoms with Crippen LogP contribution in [0.4, 0.5) is 0 Å². The fourth-order valence-corrected chi connectivity index (χ4v) is 1.87. The lowest BCUT2D eigenvalue weighted by Crippen LogP contribution is -2.52. The zero-order valence-electron chi connectivity index (χ0n) is 9.79. The Balaban J connectivity index is 1.96. The summed E-state index contributed by atoms with van der Waals surface area (Å²) >= 11 is 0. The Kier molecular flexibility index (Phi) is 2.83. The van der Waals surface area contributed by atoms with Gasteiger partial charge in [-0.05, 0) is 37.5 Å². The van der Waals surface area contributed by atoms with E-state index in [2.05, 4.69) is 10.6 Å². The summed E-state index contributed by atoms with van der Waals surface area (Å²) < 4.78 is 0. The van der Waals surface area contributed by atoms with Crippen LogP contribution in [-0.2, 0) is 14.4 Å². The monoisotopic (exact) mass is 234 g/mol. The first-order valence-corrected chi connectivity index (χ1v) is 5.53. The van der Waals surface area contributed by atoms with Crippen LogP contribution in [0.1, 0.15) is 26.7 Å². The van der Waals surface area contributed by atoms with Gasteiger partial charge in [-0.2, -0.15) is 0 Å². The largest absolute Gasteiger partial charge is 0.340 e. The van der Waals surface area contributed by atoms with E-state index in [0.29, 0.717) is 12.0 Å². The van der Waals surface area contributed by atoms with Crippen molar-refractivity contribution >= 4 is 17.7 Å². The van der Waals surface area contributed by atoms with Gasteiger partial charge in [0.05, 0.1) is 0 Å². The summed E-state index contributed by atoms with van der Waals surface area (Å²) in [5, 5.41) is 4.84. The average Bonchev–Trinajstić information content (AvgIpc) is 2.29. The number of carbonyl (C=O) groups excluding carboxylic acids is 3. The van der Waals surface area contributed by atoms with Crippen LogP contribution in [0, 0.1) is 0 Å². The molecule has 17 heavy (non-hydrogen) atoms. The molecule has 0 spiro atoms. The highest BCUT2D eigenvalue weighted by atomic mass is 16.2. The lowest BCUT2D eigenvalue weighted by Gasteiger charge is -2.24. The predicted octanol–water partition coefficient (Wildman–Crippen LogP) is 0.184. The Morgan fingerprint density at radius 3 is 2.65 bits per heavy atom. The van der Waals surface area contributed by atoms with E-state index < -0.39 is 11.9 Å². The zero-order chi connectivity index (χ0) is 12.6. The Morgan fingerprint density at radius 1 is 1.41 bits per heavy atom. The molecular formula is C12H14N2O3. The van der Waals surface area contributed by atoms with Gasteiger partial charge in [0, 0.05) is 12.0 Å². The first-order valence-electron chi connectivity index (χ1n) is 5.53. The maximum atomic E-state index is 11.8. The summed E-state index contributed by atoms with van der Waals surface area (Å²) in [4.78, 5) is 34.2. The molecular weight excluding hydrogens is 220 g/mol. The van der Waals surface area contributed by atoms with Gasteiger partial charge in [0.25, 0.3) is 5.91 Å². The molecule has 1 atom stereocenters. The maximum absolute atomic E-state index is 11.8. The Bertz CT molecular complexity index is 474. The average molecular weight is 234 g/mol. The van der Waals surface area contributed by atoms with E-state index in [1.165, 1.54) is 0 Å². The van der Waals surface area contributed by atoms with Crippen LogP contribution in [0.15, 0.2) is 22.8 Å². The van der Waals surface area contributed by atoms with Gasteiger partial charge < -0.3 is 5.32 Å². The van der Waals surface area contributed by atoms with Gasteiger partial charge in [-0.15, -0.1) is 0 Å². The molecule has 5 heteroatoms. The molecule has 3 amide bonds. The van der Waals surface area contributed by atoms with E-state index in [9.17, 15) is 14.4 Å². The molecule has 2 N–H and O–H groups in total. The van der Waals surface area contributed by atoms with E-state index >= 15 is 0 Å². The molecule has 1 fully saturated rings. The van der Waals surface area contributed by atoms with Crippen LogP contribution >= 0.6 is 0 Å². The molecule has 1 aliphatic carbocycles. The van der Waals surface area contributed by atoms with Crippen molar-refractivity contribution in [2.75, 3.05) is 0 Å². The van der Waals surface area contributed by atoms with Crippen LogP contribution < -0.4 is 10.6 Å². The molecule has 90 valence electrons. The number of piperidine rings is 1. The van der Waals surface area contributed by atoms with Gasteiger partial charge in [0.2, 0.25) is 11.8 Å². The second-order valence-corrected chi connectivity index (χ2v) is 4.34. The molecule has 5 nitrogen and oxygen atoms in total. The minimum absolute atomic E-state index is 0.248. The fourth-order valence-electron chi connectivity index (χ4n) is 1.87. The lowest BCUT2D eigenvalue weighted by molar-refractivity contribution is -0.136. The summed E-state index contributed by atoms with van der Waals surface area (Å²) in [5.74, 6) is -0.953. The smallest absolute Gasteiger partial charge is 0.252 e. The predicted molar refractivity (Wildman–Crippen MR) is 60.8 cm³/mol. The topological polar surface area (TPSA) is 75.3 Å². The molecule has 1 heterocycles. The molecule has 1 aliphatic heterocycles. The summed E-state index contributed by atoms with van der Waals surface area (Å²) in [5.41, 5.74) is 2.65. The Labute approximate surface area is 98.9 Å². The third kappa shape index (κ3) is 2.13. The van der Waals surface area contributed by atoms with Crippen molar-refractivity contribution in [1.29, 1.82) is 0 Å². The maximum Gasteiger partial charge on any atom is 0.252 e. The van der Waals surface area contributed by atoms with Crippen molar-refractivity contribution in [2.45, 2.75) is 32.7 Å². The second-order valence-electron chi connectivity index (χ2n) is 4.34. The molecule has 1 saturated heterocycles. The summed E-state index contributed by atoms with van der Waals surface area (Å²) in [6.07, 6.45) is 2.42. The van der Waals surface area contributed by atoms with Crippen LogP contribution in [0.3, 0.4) is 0 Å².